The Kier molecular flexibility index (Phi) is 5.79. The van der Waals surface area contributed by atoms with Crippen LogP contribution in [0.3, 0.4) is 0 Å². The predicted molar refractivity (Wildman–Crippen MR) is 75.0 cm³/mol. The highest BCUT2D eigenvalue weighted by molar-refractivity contribution is 5.89. The van der Waals surface area contributed by atoms with Crippen LogP contribution >= 0.6 is 0 Å². The summed E-state index contributed by atoms with van der Waals surface area (Å²) >= 11 is 0. The smallest absolute Gasteiger partial charge is 0.321 e. The maximum atomic E-state index is 11.9. The molecule has 106 valence electrons. The van der Waals surface area contributed by atoms with Crippen LogP contribution in [0.5, 0.6) is 0 Å². The monoisotopic (exact) mass is 266 g/mol. The van der Waals surface area contributed by atoms with E-state index in [0.29, 0.717) is 18.7 Å². The SMILES string of the molecule is CC(O)CCN(C)C(=O)Nc1cccc(C(C)O)c1. The van der Waals surface area contributed by atoms with Gasteiger partial charge >= 0.3 is 6.03 Å². The van der Waals surface area contributed by atoms with Crippen LogP contribution in [-0.4, -0.2) is 40.8 Å². The van der Waals surface area contributed by atoms with E-state index in [0.717, 1.165) is 5.56 Å². The van der Waals surface area contributed by atoms with Gasteiger partial charge in [-0.25, -0.2) is 4.79 Å². The Hall–Kier alpha value is -1.59. The van der Waals surface area contributed by atoms with Crippen molar-refractivity contribution >= 4 is 11.7 Å². The van der Waals surface area contributed by atoms with Gasteiger partial charge in [-0.05, 0) is 38.0 Å². The third-order valence-corrected chi connectivity index (χ3v) is 2.85. The third-order valence-electron chi connectivity index (χ3n) is 2.85. The predicted octanol–water partition coefficient (Wildman–Crippen LogP) is 1.97. The molecule has 0 saturated carbocycles. The summed E-state index contributed by atoms with van der Waals surface area (Å²) in [6.45, 7) is 3.85. The first-order chi connectivity index (χ1) is 8.90. The normalized spacial score (nSPS) is 13.7. The molecule has 2 unspecified atom stereocenters. The molecule has 0 aliphatic heterocycles. The fourth-order valence-corrected chi connectivity index (χ4v) is 1.58. The maximum absolute atomic E-state index is 11.9. The number of aliphatic hydroxyl groups excluding tert-OH is 2. The summed E-state index contributed by atoms with van der Waals surface area (Å²) in [7, 11) is 1.68. The Morgan fingerprint density at radius 1 is 1.37 bits per heavy atom. The second kappa shape index (κ2) is 7.11. The van der Waals surface area contributed by atoms with Gasteiger partial charge in [0, 0.05) is 19.3 Å². The topological polar surface area (TPSA) is 72.8 Å². The van der Waals surface area contributed by atoms with Gasteiger partial charge in [-0.3, -0.25) is 0 Å². The summed E-state index contributed by atoms with van der Waals surface area (Å²) < 4.78 is 0. The minimum absolute atomic E-state index is 0.233. The molecule has 1 rings (SSSR count). The van der Waals surface area contributed by atoms with Gasteiger partial charge in [-0.1, -0.05) is 12.1 Å². The van der Waals surface area contributed by atoms with Crippen LogP contribution in [0.25, 0.3) is 0 Å². The zero-order chi connectivity index (χ0) is 14.4. The molecule has 19 heavy (non-hydrogen) atoms. The van der Waals surface area contributed by atoms with E-state index in [2.05, 4.69) is 5.32 Å². The molecule has 0 bridgehead atoms. The first kappa shape index (κ1) is 15.5. The number of rotatable bonds is 5. The zero-order valence-corrected chi connectivity index (χ0v) is 11.6. The number of nitrogens with one attached hydrogen (secondary N) is 1. The van der Waals surface area contributed by atoms with E-state index < -0.39 is 12.2 Å². The van der Waals surface area contributed by atoms with Crippen molar-refractivity contribution in [1.29, 1.82) is 0 Å². The Labute approximate surface area is 113 Å². The summed E-state index contributed by atoms with van der Waals surface area (Å²) in [4.78, 5) is 13.4. The lowest BCUT2D eigenvalue weighted by atomic mass is 10.1. The first-order valence-corrected chi connectivity index (χ1v) is 6.38. The highest BCUT2D eigenvalue weighted by atomic mass is 16.3. The molecule has 0 aliphatic rings. The minimum Gasteiger partial charge on any atom is -0.393 e. The zero-order valence-electron chi connectivity index (χ0n) is 11.6. The van der Waals surface area contributed by atoms with E-state index in [1.807, 2.05) is 0 Å². The van der Waals surface area contributed by atoms with Crippen molar-refractivity contribution in [3.63, 3.8) is 0 Å². The lowest BCUT2D eigenvalue weighted by Crippen LogP contribution is -2.33. The molecule has 0 radical (unpaired) electrons. The molecule has 1 aromatic carbocycles. The number of anilines is 1. The summed E-state index contributed by atoms with van der Waals surface area (Å²) in [5.41, 5.74) is 1.40. The van der Waals surface area contributed by atoms with Crippen molar-refractivity contribution in [3.05, 3.63) is 29.8 Å². The maximum Gasteiger partial charge on any atom is 0.321 e. The first-order valence-electron chi connectivity index (χ1n) is 6.38. The van der Waals surface area contributed by atoms with E-state index >= 15 is 0 Å². The van der Waals surface area contributed by atoms with E-state index in [1.165, 1.54) is 4.90 Å². The Morgan fingerprint density at radius 2 is 2.05 bits per heavy atom. The van der Waals surface area contributed by atoms with Crippen LogP contribution in [0.1, 0.15) is 31.9 Å². The molecule has 1 aromatic rings. The summed E-state index contributed by atoms with van der Waals surface area (Å²) in [5.74, 6) is 0. The molecule has 5 nitrogen and oxygen atoms in total. The van der Waals surface area contributed by atoms with Crippen LogP contribution < -0.4 is 5.32 Å². The van der Waals surface area contributed by atoms with Crippen LogP contribution in [0.4, 0.5) is 10.5 Å². The second-order valence-corrected chi connectivity index (χ2v) is 4.79. The molecule has 0 saturated heterocycles. The largest absolute Gasteiger partial charge is 0.393 e. The summed E-state index contributed by atoms with van der Waals surface area (Å²) in [6.07, 6.45) is -0.448. The van der Waals surface area contributed by atoms with E-state index in [1.54, 1.807) is 45.2 Å². The van der Waals surface area contributed by atoms with Gasteiger partial charge in [0.1, 0.15) is 0 Å². The summed E-state index contributed by atoms with van der Waals surface area (Å²) in [6, 6.07) is 6.87. The van der Waals surface area contributed by atoms with Crippen LogP contribution in [0.15, 0.2) is 24.3 Å². The Bertz CT molecular complexity index is 419. The molecule has 0 heterocycles. The van der Waals surface area contributed by atoms with Crippen molar-refractivity contribution in [3.8, 4) is 0 Å². The lowest BCUT2D eigenvalue weighted by Gasteiger charge is -2.19. The van der Waals surface area contributed by atoms with Crippen molar-refractivity contribution in [2.75, 3.05) is 18.9 Å². The van der Waals surface area contributed by atoms with Crippen molar-refractivity contribution in [2.24, 2.45) is 0 Å². The van der Waals surface area contributed by atoms with Gasteiger partial charge < -0.3 is 20.4 Å². The summed E-state index contributed by atoms with van der Waals surface area (Å²) in [5, 5.41) is 21.4. The molecular weight excluding hydrogens is 244 g/mol. The van der Waals surface area contributed by atoms with E-state index in [4.69, 9.17) is 0 Å². The number of urea groups is 1. The number of nitrogens with zero attached hydrogens (tertiary/aromatic N) is 1. The third kappa shape index (κ3) is 5.28. The van der Waals surface area contributed by atoms with E-state index in [9.17, 15) is 15.0 Å². The molecule has 0 spiro atoms. The van der Waals surface area contributed by atoms with Crippen LogP contribution in [0, 0.1) is 0 Å². The van der Waals surface area contributed by atoms with Crippen molar-refractivity contribution in [1.82, 2.24) is 4.90 Å². The number of aliphatic hydroxyl groups is 2. The fourth-order valence-electron chi connectivity index (χ4n) is 1.58. The van der Waals surface area contributed by atoms with E-state index in [-0.39, 0.29) is 6.03 Å². The highest BCUT2D eigenvalue weighted by Crippen LogP contribution is 2.17. The van der Waals surface area contributed by atoms with Gasteiger partial charge in [-0.2, -0.15) is 0 Å². The molecule has 2 amide bonds. The molecular formula is C14H22N2O3. The van der Waals surface area contributed by atoms with Gasteiger partial charge in [-0.15, -0.1) is 0 Å². The van der Waals surface area contributed by atoms with Crippen LogP contribution in [0.2, 0.25) is 0 Å². The van der Waals surface area contributed by atoms with Crippen LogP contribution in [-0.2, 0) is 0 Å². The van der Waals surface area contributed by atoms with Gasteiger partial charge in [0.15, 0.2) is 0 Å². The van der Waals surface area contributed by atoms with Gasteiger partial charge in [0.25, 0.3) is 0 Å². The van der Waals surface area contributed by atoms with Crippen molar-refractivity contribution in [2.45, 2.75) is 32.5 Å². The van der Waals surface area contributed by atoms with Gasteiger partial charge in [0.2, 0.25) is 0 Å². The molecule has 0 fully saturated rings. The number of hydrogen-bond donors (Lipinski definition) is 3. The molecule has 0 aromatic heterocycles. The number of amides is 2. The number of benzene rings is 1. The average molecular weight is 266 g/mol. The quantitative estimate of drug-likeness (QED) is 0.763. The Morgan fingerprint density at radius 3 is 2.63 bits per heavy atom. The second-order valence-electron chi connectivity index (χ2n) is 4.79. The number of hydrogen-bond acceptors (Lipinski definition) is 3. The molecule has 5 heteroatoms. The van der Waals surface area contributed by atoms with Crippen molar-refractivity contribution < 1.29 is 15.0 Å². The average Bonchev–Trinajstić information content (AvgIpc) is 2.36. The molecule has 3 N–H and O–H groups in total. The fraction of sp³-hybridized carbons (Fsp3) is 0.500. The number of carbonyl (C=O) groups is 1. The molecule has 0 aliphatic carbocycles. The number of carbonyl (C=O) groups excluding carboxylic acids is 1. The minimum atomic E-state index is -0.565. The Balaban J connectivity index is 2.58. The molecule has 2 atom stereocenters. The highest BCUT2D eigenvalue weighted by Gasteiger charge is 2.10. The standard InChI is InChI=1S/C14H22N2O3/c1-10(17)7-8-16(3)14(19)15-13-6-4-5-12(9-13)11(2)18/h4-6,9-11,17-18H,7-8H2,1-3H3,(H,15,19). The van der Waals surface area contributed by atoms with Gasteiger partial charge in [0.05, 0.1) is 12.2 Å². The lowest BCUT2D eigenvalue weighted by molar-refractivity contribution is 0.167.